The molecule has 31 heavy (non-hydrogen) atoms. The van der Waals surface area contributed by atoms with E-state index in [2.05, 4.69) is 20.1 Å². The molecule has 1 aliphatic carbocycles. The number of thioether (sulfide) groups is 1. The van der Waals surface area contributed by atoms with E-state index >= 15 is 0 Å². The zero-order chi connectivity index (χ0) is 21.5. The second-order valence-electron chi connectivity index (χ2n) is 7.88. The molecule has 0 amide bonds. The SMILES string of the molecule is COc1cccc(NCc2nnc(SCC(O)c3ccccc3)n2C2CCCCC2)c1. The average molecular weight is 439 g/mol. The minimum Gasteiger partial charge on any atom is -0.497 e. The van der Waals surface area contributed by atoms with Crippen molar-refractivity contribution in [3.8, 4) is 5.75 Å². The molecule has 7 heteroatoms. The van der Waals surface area contributed by atoms with Crippen LogP contribution in [0.2, 0.25) is 0 Å². The molecular weight excluding hydrogens is 408 g/mol. The Morgan fingerprint density at radius 3 is 2.68 bits per heavy atom. The number of hydrogen-bond acceptors (Lipinski definition) is 6. The van der Waals surface area contributed by atoms with Gasteiger partial charge in [-0.25, -0.2) is 0 Å². The summed E-state index contributed by atoms with van der Waals surface area (Å²) in [5.74, 6) is 2.31. The first-order valence-electron chi connectivity index (χ1n) is 10.9. The smallest absolute Gasteiger partial charge is 0.191 e. The van der Waals surface area contributed by atoms with Gasteiger partial charge in [0.25, 0.3) is 0 Å². The number of aromatic nitrogens is 3. The molecule has 0 aliphatic heterocycles. The molecule has 1 fully saturated rings. The first-order valence-corrected chi connectivity index (χ1v) is 11.9. The monoisotopic (exact) mass is 438 g/mol. The molecule has 1 atom stereocenters. The summed E-state index contributed by atoms with van der Waals surface area (Å²) in [4.78, 5) is 0. The molecule has 0 saturated heterocycles. The lowest BCUT2D eigenvalue weighted by atomic mass is 9.95. The first kappa shape index (κ1) is 21.7. The van der Waals surface area contributed by atoms with E-state index in [4.69, 9.17) is 4.74 Å². The lowest BCUT2D eigenvalue weighted by Gasteiger charge is -2.26. The Hall–Kier alpha value is -2.51. The lowest BCUT2D eigenvalue weighted by Crippen LogP contribution is -2.18. The second-order valence-corrected chi connectivity index (χ2v) is 8.87. The van der Waals surface area contributed by atoms with Crippen LogP contribution in [0.5, 0.6) is 5.75 Å². The Morgan fingerprint density at radius 1 is 1.10 bits per heavy atom. The molecule has 1 aromatic heterocycles. The summed E-state index contributed by atoms with van der Waals surface area (Å²) in [6.07, 6.45) is 5.55. The van der Waals surface area contributed by atoms with Crippen LogP contribution < -0.4 is 10.1 Å². The number of anilines is 1. The number of hydrogen-bond donors (Lipinski definition) is 2. The van der Waals surface area contributed by atoms with E-state index < -0.39 is 6.10 Å². The number of aliphatic hydroxyl groups excluding tert-OH is 1. The molecule has 3 aromatic rings. The zero-order valence-electron chi connectivity index (χ0n) is 17.9. The van der Waals surface area contributed by atoms with Crippen LogP contribution in [0.25, 0.3) is 0 Å². The summed E-state index contributed by atoms with van der Waals surface area (Å²) < 4.78 is 7.62. The van der Waals surface area contributed by atoms with Crippen molar-refractivity contribution in [1.29, 1.82) is 0 Å². The number of benzene rings is 2. The normalized spacial score (nSPS) is 15.5. The van der Waals surface area contributed by atoms with Crippen molar-refractivity contribution in [3.63, 3.8) is 0 Å². The van der Waals surface area contributed by atoms with E-state index in [0.29, 0.717) is 18.3 Å². The molecule has 0 bridgehead atoms. The van der Waals surface area contributed by atoms with Gasteiger partial charge < -0.3 is 19.7 Å². The van der Waals surface area contributed by atoms with Crippen LogP contribution in [0.1, 0.15) is 55.6 Å². The van der Waals surface area contributed by atoms with Gasteiger partial charge in [-0.15, -0.1) is 10.2 Å². The molecule has 6 nitrogen and oxygen atoms in total. The average Bonchev–Trinajstić information content (AvgIpc) is 3.25. The van der Waals surface area contributed by atoms with Crippen molar-refractivity contribution < 1.29 is 9.84 Å². The van der Waals surface area contributed by atoms with Crippen molar-refractivity contribution in [1.82, 2.24) is 14.8 Å². The molecule has 1 saturated carbocycles. The zero-order valence-corrected chi connectivity index (χ0v) is 18.7. The van der Waals surface area contributed by atoms with Crippen LogP contribution in [0.3, 0.4) is 0 Å². The van der Waals surface area contributed by atoms with E-state index in [1.54, 1.807) is 18.9 Å². The quantitative estimate of drug-likeness (QED) is 0.446. The summed E-state index contributed by atoms with van der Waals surface area (Å²) in [7, 11) is 1.67. The number of nitrogens with one attached hydrogen (secondary N) is 1. The second kappa shape index (κ2) is 10.7. The highest BCUT2D eigenvalue weighted by atomic mass is 32.2. The number of ether oxygens (including phenoxy) is 1. The minimum atomic E-state index is -0.527. The summed E-state index contributed by atoms with van der Waals surface area (Å²) in [5.41, 5.74) is 1.92. The predicted molar refractivity (Wildman–Crippen MR) is 125 cm³/mol. The molecule has 0 spiro atoms. The van der Waals surface area contributed by atoms with Gasteiger partial charge in [-0.2, -0.15) is 0 Å². The first-order chi connectivity index (χ1) is 15.2. The Kier molecular flexibility index (Phi) is 7.48. The maximum absolute atomic E-state index is 10.6. The Morgan fingerprint density at radius 2 is 1.90 bits per heavy atom. The fourth-order valence-corrected chi connectivity index (χ4v) is 5.06. The van der Waals surface area contributed by atoms with Gasteiger partial charge in [-0.05, 0) is 30.5 Å². The third-order valence-electron chi connectivity index (χ3n) is 5.75. The number of nitrogens with zero attached hydrogens (tertiary/aromatic N) is 3. The van der Waals surface area contributed by atoms with Gasteiger partial charge >= 0.3 is 0 Å². The van der Waals surface area contributed by atoms with Gasteiger partial charge in [0, 0.05) is 23.5 Å². The highest BCUT2D eigenvalue weighted by Crippen LogP contribution is 2.34. The van der Waals surface area contributed by atoms with Crippen molar-refractivity contribution >= 4 is 17.4 Å². The molecule has 1 aliphatic rings. The maximum atomic E-state index is 10.6. The van der Waals surface area contributed by atoms with Gasteiger partial charge in [0.15, 0.2) is 11.0 Å². The van der Waals surface area contributed by atoms with Crippen LogP contribution in [0, 0.1) is 0 Å². The van der Waals surface area contributed by atoms with E-state index in [9.17, 15) is 5.11 Å². The topological polar surface area (TPSA) is 72.2 Å². The molecule has 1 unspecified atom stereocenters. The number of aliphatic hydroxyl groups is 1. The Labute approximate surface area is 188 Å². The van der Waals surface area contributed by atoms with Crippen LogP contribution in [-0.2, 0) is 6.54 Å². The Bertz CT molecular complexity index is 957. The number of rotatable bonds is 9. The third kappa shape index (κ3) is 5.60. The molecule has 1 heterocycles. The largest absolute Gasteiger partial charge is 0.497 e. The van der Waals surface area contributed by atoms with E-state index in [0.717, 1.165) is 40.8 Å². The number of methoxy groups -OCH3 is 1. The van der Waals surface area contributed by atoms with E-state index in [1.807, 2.05) is 54.6 Å². The molecule has 4 rings (SSSR count). The van der Waals surface area contributed by atoms with Crippen LogP contribution in [0.15, 0.2) is 59.8 Å². The summed E-state index contributed by atoms with van der Waals surface area (Å²) in [5, 5.41) is 24.0. The maximum Gasteiger partial charge on any atom is 0.191 e. The van der Waals surface area contributed by atoms with Crippen molar-refractivity contribution in [2.45, 2.75) is 56.0 Å². The van der Waals surface area contributed by atoms with Crippen LogP contribution in [0.4, 0.5) is 5.69 Å². The summed E-state index contributed by atoms with van der Waals surface area (Å²) in [6, 6.07) is 18.1. The highest BCUT2D eigenvalue weighted by molar-refractivity contribution is 7.99. The standard InChI is InChI=1S/C24H30N4O2S/c1-30-21-14-8-11-19(15-21)25-16-23-26-27-24(28(23)20-12-6-3-7-13-20)31-17-22(29)18-9-4-2-5-10-18/h2,4-5,8-11,14-15,20,22,25,29H,3,6-7,12-13,16-17H2,1H3. The highest BCUT2D eigenvalue weighted by Gasteiger charge is 2.23. The fraction of sp³-hybridized carbons (Fsp3) is 0.417. The van der Waals surface area contributed by atoms with Gasteiger partial charge in [-0.3, -0.25) is 0 Å². The Balaban J connectivity index is 1.49. The molecule has 0 radical (unpaired) electrons. The van der Waals surface area contributed by atoms with Crippen molar-refractivity contribution in [2.75, 3.05) is 18.2 Å². The fourth-order valence-electron chi connectivity index (χ4n) is 4.07. The van der Waals surface area contributed by atoms with E-state index in [-0.39, 0.29) is 0 Å². The van der Waals surface area contributed by atoms with Crippen molar-refractivity contribution in [2.24, 2.45) is 0 Å². The summed E-state index contributed by atoms with van der Waals surface area (Å²) >= 11 is 1.58. The minimum absolute atomic E-state index is 0.419. The van der Waals surface area contributed by atoms with Gasteiger partial charge in [-0.1, -0.05) is 67.4 Å². The third-order valence-corrected chi connectivity index (χ3v) is 6.77. The van der Waals surface area contributed by atoms with Gasteiger partial charge in [0.1, 0.15) is 5.75 Å². The molecule has 2 aromatic carbocycles. The van der Waals surface area contributed by atoms with Gasteiger partial charge in [0.05, 0.1) is 19.8 Å². The molecule has 2 N–H and O–H groups in total. The van der Waals surface area contributed by atoms with Gasteiger partial charge in [0.2, 0.25) is 0 Å². The summed E-state index contributed by atoms with van der Waals surface area (Å²) in [6.45, 7) is 0.596. The lowest BCUT2D eigenvalue weighted by molar-refractivity contribution is 0.204. The van der Waals surface area contributed by atoms with Crippen LogP contribution >= 0.6 is 11.8 Å². The van der Waals surface area contributed by atoms with E-state index in [1.165, 1.54) is 19.3 Å². The predicted octanol–water partition coefficient (Wildman–Crippen LogP) is 5.23. The van der Waals surface area contributed by atoms with Crippen molar-refractivity contribution in [3.05, 3.63) is 66.0 Å². The van der Waals surface area contributed by atoms with Crippen LogP contribution in [-0.4, -0.2) is 32.7 Å². The molecule has 164 valence electrons. The molecular formula is C24H30N4O2S.